The number of nitrogens with zero attached hydrogens (tertiary/aromatic N) is 2. The number of nitrogens with one attached hydrogen (secondary N) is 1. The Morgan fingerprint density at radius 1 is 1.56 bits per heavy atom. The van der Waals surface area contributed by atoms with Gasteiger partial charge in [-0.2, -0.15) is 0 Å². The number of carbonyl (C=O) groups excluding carboxylic acids is 1. The van der Waals surface area contributed by atoms with E-state index in [-0.39, 0.29) is 5.91 Å². The maximum absolute atomic E-state index is 12.3. The highest BCUT2D eigenvalue weighted by Crippen LogP contribution is 2.28. The molecule has 1 saturated heterocycles. The highest BCUT2D eigenvalue weighted by atomic mass is 32.1. The standard InChI is InChI=1S/C12H20N4OS/c1-3-8-4-6-16(7-5-8)11(17)9-10(13)15-12(14-2)18-9/h8H,3-7,13H2,1-2H3,(H,14,15). The maximum Gasteiger partial charge on any atom is 0.267 e. The minimum absolute atomic E-state index is 0.0288. The third-order valence-electron chi connectivity index (χ3n) is 3.54. The lowest BCUT2D eigenvalue weighted by Gasteiger charge is -2.31. The molecular formula is C12H20N4OS. The molecule has 1 aromatic heterocycles. The summed E-state index contributed by atoms with van der Waals surface area (Å²) in [6, 6.07) is 0. The summed E-state index contributed by atoms with van der Waals surface area (Å²) in [5, 5.41) is 3.61. The predicted octanol–water partition coefficient (Wildman–Crippen LogP) is 2.03. The van der Waals surface area contributed by atoms with Crippen LogP contribution in [0.5, 0.6) is 0 Å². The molecule has 100 valence electrons. The molecule has 0 radical (unpaired) electrons. The summed E-state index contributed by atoms with van der Waals surface area (Å²) in [5.41, 5.74) is 5.79. The number of amides is 1. The first-order chi connectivity index (χ1) is 8.65. The van der Waals surface area contributed by atoms with Crippen molar-refractivity contribution in [3.63, 3.8) is 0 Å². The van der Waals surface area contributed by atoms with Crippen LogP contribution in [0.3, 0.4) is 0 Å². The van der Waals surface area contributed by atoms with Crippen LogP contribution in [-0.4, -0.2) is 35.9 Å². The first-order valence-corrected chi connectivity index (χ1v) is 7.20. The third-order valence-corrected chi connectivity index (χ3v) is 4.62. The second kappa shape index (κ2) is 5.56. The molecule has 5 nitrogen and oxygen atoms in total. The second-order valence-corrected chi connectivity index (χ2v) is 5.63. The van der Waals surface area contributed by atoms with Crippen molar-refractivity contribution in [1.82, 2.24) is 9.88 Å². The molecule has 1 aliphatic rings. The summed E-state index contributed by atoms with van der Waals surface area (Å²) in [5.74, 6) is 1.13. The van der Waals surface area contributed by atoms with Gasteiger partial charge in [-0.3, -0.25) is 4.79 Å². The number of thiazole rings is 1. The minimum Gasteiger partial charge on any atom is -0.382 e. The Kier molecular flexibility index (Phi) is 4.06. The smallest absolute Gasteiger partial charge is 0.267 e. The number of likely N-dealkylation sites (tertiary alicyclic amines) is 1. The molecule has 0 atom stereocenters. The average molecular weight is 268 g/mol. The molecule has 1 amide bonds. The summed E-state index contributed by atoms with van der Waals surface area (Å²) >= 11 is 1.33. The minimum atomic E-state index is 0.0288. The summed E-state index contributed by atoms with van der Waals surface area (Å²) in [6.45, 7) is 3.88. The fourth-order valence-corrected chi connectivity index (χ4v) is 3.09. The quantitative estimate of drug-likeness (QED) is 0.880. The zero-order valence-electron chi connectivity index (χ0n) is 10.9. The second-order valence-electron chi connectivity index (χ2n) is 4.63. The van der Waals surface area contributed by atoms with Crippen molar-refractivity contribution in [2.45, 2.75) is 26.2 Å². The molecule has 0 aliphatic carbocycles. The van der Waals surface area contributed by atoms with Crippen molar-refractivity contribution >= 4 is 28.2 Å². The van der Waals surface area contributed by atoms with Crippen molar-refractivity contribution in [3.05, 3.63) is 4.88 Å². The van der Waals surface area contributed by atoms with E-state index in [4.69, 9.17) is 5.73 Å². The summed E-state index contributed by atoms with van der Waals surface area (Å²) < 4.78 is 0. The van der Waals surface area contributed by atoms with E-state index in [1.54, 1.807) is 7.05 Å². The van der Waals surface area contributed by atoms with Crippen LogP contribution < -0.4 is 11.1 Å². The fourth-order valence-electron chi connectivity index (χ4n) is 2.28. The van der Waals surface area contributed by atoms with Crippen LogP contribution in [0.15, 0.2) is 0 Å². The van der Waals surface area contributed by atoms with Crippen molar-refractivity contribution < 1.29 is 4.79 Å². The Hall–Kier alpha value is -1.30. The van der Waals surface area contributed by atoms with Crippen LogP contribution >= 0.6 is 11.3 Å². The fraction of sp³-hybridized carbons (Fsp3) is 0.667. The van der Waals surface area contributed by atoms with E-state index in [0.29, 0.717) is 15.8 Å². The van der Waals surface area contributed by atoms with Crippen LogP contribution in [0, 0.1) is 5.92 Å². The Morgan fingerprint density at radius 3 is 2.72 bits per heavy atom. The number of nitrogen functional groups attached to an aromatic ring is 1. The molecule has 1 aromatic rings. The number of carbonyl (C=O) groups is 1. The average Bonchev–Trinajstić information content (AvgIpc) is 2.79. The van der Waals surface area contributed by atoms with Crippen molar-refractivity contribution in [2.24, 2.45) is 5.92 Å². The number of nitrogens with two attached hydrogens (primary N) is 1. The van der Waals surface area contributed by atoms with Crippen molar-refractivity contribution in [2.75, 3.05) is 31.2 Å². The summed E-state index contributed by atoms with van der Waals surface area (Å²) in [7, 11) is 1.78. The number of hydrogen-bond donors (Lipinski definition) is 2. The first-order valence-electron chi connectivity index (χ1n) is 6.39. The first kappa shape index (κ1) is 13.1. The van der Waals surface area contributed by atoms with Crippen LogP contribution in [-0.2, 0) is 0 Å². The SMILES string of the molecule is CCC1CCN(C(=O)c2sc(NC)nc2N)CC1. The Bertz CT molecular complexity index is 424. The molecule has 2 rings (SSSR count). The molecule has 1 aliphatic heterocycles. The van der Waals surface area contributed by atoms with Gasteiger partial charge >= 0.3 is 0 Å². The monoisotopic (exact) mass is 268 g/mol. The zero-order valence-corrected chi connectivity index (χ0v) is 11.7. The largest absolute Gasteiger partial charge is 0.382 e. The van der Waals surface area contributed by atoms with Gasteiger partial charge in [0, 0.05) is 20.1 Å². The van der Waals surface area contributed by atoms with E-state index in [0.717, 1.165) is 31.8 Å². The van der Waals surface area contributed by atoms with E-state index in [2.05, 4.69) is 17.2 Å². The lowest BCUT2D eigenvalue weighted by atomic mass is 9.94. The van der Waals surface area contributed by atoms with E-state index in [1.807, 2.05) is 4.90 Å². The van der Waals surface area contributed by atoms with Gasteiger partial charge in [-0.25, -0.2) is 4.98 Å². The molecule has 0 saturated carbocycles. The lowest BCUT2D eigenvalue weighted by Crippen LogP contribution is -2.38. The summed E-state index contributed by atoms with van der Waals surface area (Å²) in [6.07, 6.45) is 3.40. The van der Waals surface area contributed by atoms with Gasteiger partial charge in [0.15, 0.2) is 5.13 Å². The molecular weight excluding hydrogens is 248 g/mol. The lowest BCUT2D eigenvalue weighted by molar-refractivity contribution is 0.0694. The van der Waals surface area contributed by atoms with Crippen LogP contribution in [0.25, 0.3) is 0 Å². The van der Waals surface area contributed by atoms with Crippen molar-refractivity contribution in [3.8, 4) is 0 Å². The number of hydrogen-bond acceptors (Lipinski definition) is 5. The predicted molar refractivity (Wildman–Crippen MR) is 75.0 cm³/mol. The molecule has 0 spiro atoms. The molecule has 6 heteroatoms. The van der Waals surface area contributed by atoms with Gasteiger partial charge in [0.05, 0.1) is 0 Å². The number of rotatable bonds is 3. The van der Waals surface area contributed by atoms with Gasteiger partial charge in [0.2, 0.25) is 0 Å². The van der Waals surface area contributed by atoms with E-state index < -0.39 is 0 Å². The van der Waals surface area contributed by atoms with E-state index in [1.165, 1.54) is 17.8 Å². The number of piperidine rings is 1. The molecule has 0 aromatic carbocycles. The zero-order chi connectivity index (χ0) is 13.1. The third kappa shape index (κ3) is 2.58. The highest BCUT2D eigenvalue weighted by molar-refractivity contribution is 7.18. The summed E-state index contributed by atoms with van der Waals surface area (Å²) in [4.78, 5) is 18.9. The van der Waals surface area contributed by atoms with Crippen LogP contribution in [0.1, 0.15) is 35.9 Å². The molecule has 2 heterocycles. The topological polar surface area (TPSA) is 71.2 Å². The van der Waals surface area contributed by atoms with Gasteiger partial charge in [0.25, 0.3) is 5.91 Å². The molecule has 0 unspecified atom stereocenters. The van der Waals surface area contributed by atoms with Crippen LogP contribution in [0.2, 0.25) is 0 Å². The van der Waals surface area contributed by atoms with E-state index in [9.17, 15) is 4.79 Å². The van der Waals surface area contributed by atoms with Gasteiger partial charge in [-0.15, -0.1) is 0 Å². The molecule has 18 heavy (non-hydrogen) atoms. The molecule has 0 bridgehead atoms. The van der Waals surface area contributed by atoms with Gasteiger partial charge < -0.3 is 16.0 Å². The Morgan fingerprint density at radius 2 is 2.22 bits per heavy atom. The maximum atomic E-state index is 12.3. The Labute approximate surface area is 111 Å². The van der Waals surface area contributed by atoms with Gasteiger partial charge in [0.1, 0.15) is 10.7 Å². The van der Waals surface area contributed by atoms with Crippen LogP contribution in [0.4, 0.5) is 10.9 Å². The molecule has 1 fully saturated rings. The van der Waals surface area contributed by atoms with E-state index >= 15 is 0 Å². The normalized spacial score (nSPS) is 16.9. The van der Waals surface area contributed by atoms with Gasteiger partial charge in [-0.1, -0.05) is 24.7 Å². The number of aromatic nitrogens is 1. The van der Waals surface area contributed by atoms with Crippen molar-refractivity contribution in [1.29, 1.82) is 0 Å². The highest BCUT2D eigenvalue weighted by Gasteiger charge is 2.26. The number of anilines is 2. The molecule has 3 N–H and O–H groups in total. The Balaban J connectivity index is 2.05. The van der Waals surface area contributed by atoms with Gasteiger partial charge in [-0.05, 0) is 18.8 Å².